The van der Waals surface area contributed by atoms with E-state index < -0.39 is 0 Å². The molecule has 0 bridgehead atoms. The zero-order valence-electron chi connectivity index (χ0n) is 10.6. The second-order valence-electron chi connectivity index (χ2n) is 5.15. The molecule has 102 valence electrons. The van der Waals surface area contributed by atoms with Crippen LogP contribution in [0.2, 0.25) is 5.02 Å². The van der Waals surface area contributed by atoms with Gasteiger partial charge in [-0.05, 0) is 24.6 Å². The Hall–Kier alpha value is -1.26. The van der Waals surface area contributed by atoms with Gasteiger partial charge in [0.2, 0.25) is 0 Å². The minimum absolute atomic E-state index is 0.0185. The van der Waals surface area contributed by atoms with Crippen molar-refractivity contribution in [2.45, 2.75) is 19.1 Å². The Morgan fingerprint density at radius 2 is 2.26 bits per heavy atom. The molecule has 0 spiro atoms. The van der Waals surface area contributed by atoms with Crippen LogP contribution >= 0.6 is 11.6 Å². The summed E-state index contributed by atoms with van der Waals surface area (Å²) in [5, 5.41) is 4.00. The van der Waals surface area contributed by atoms with Gasteiger partial charge in [0.15, 0.2) is 0 Å². The average Bonchev–Trinajstić information content (AvgIpc) is 3.02. The molecule has 2 fully saturated rings. The van der Waals surface area contributed by atoms with Gasteiger partial charge in [0.25, 0.3) is 0 Å². The summed E-state index contributed by atoms with van der Waals surface area (Å²) in [5.41, 5.74) is 0.964. The molecular formula is C14H17ClN2O2. The van der Waals surface area contributed by atoms with E-state index in [1.165, 1.54) is 0 Å². The maximum atomic E-state index is 11.9. The van der Waals surface area contributed by atoms with E-state index in [1.54, 1.807) is 4.90 Å². The average molecular weight is 281 g/mol. The van der Waals surface area contributed by atoms with Crippen LogP contribution in [0.5, 0.6) is 0 Å². The summed E-state index contributed by atoms with van der Waals surface area (Å²) in [5.74, 6) is 0.445. The molecule has 1 N–H and O–H groups in total. The maximum absolute atomic E-state index is 11.9. The lowest BCUT2D eigenvalue weighted by Crippen LogP contribution is -2.28. The number of ether oxygens (including phenoxy) is 1. The van der Waals surface area contributed by atoms with Crippen LogP contribution in [0.4, 0.5) is 4.79 Å². The highest BCUT2D eigenvalue weighted by molar-refractivity contribution is 6.31. The minimum Gasteiger partial charge on any atom is -0.444 e. The molecular weight excluding hydrogens is 264 g/mol. The minimum atomic E-state index is -0.225. The molecule has 0 saturated carbocycles. The molecule has 2 saturated heterocycles. The van der Waals surface area contributed by atoms with E-state index in [4.69, 9.17) is 16.3 Å². The summed E-state index contributed by atoms with van der Waals surface area (Å²) in [6.07, 6.45) is 0.875. The highest BCUT2D eigenvalue weighted by Crippen LogP contribution is 2.25. The van der Waals surface area contributed by atoms with Gasteiger partial charge in [-0.1, -0.05) is 29.8 Å². The Morgan fingerprint density at radius 1 is 1.42 bits per heavy atom. The lowest BCUT2D eigenvalue weighted by Gasteiger charge is -2.16. The van der Waals surface area contributed by atoms with E-state index in [9.17, 15) is 4.79 Å². The molecule has 19 heavy (non-hydrogen) atoms. The smallest absolute Gasteiger partial charge is 0.410 e. The number of benzene rings is 1. The van der Waals surface area contributed by atoms with Gasteiger partial charge < -0.3 is 15.0 Å². The normalized spacial score (nSPS) is 26.8. The highest BCUT2D eigenvalue weighted by Gasteiger charge is 2.37. The summed E-state index contributed by atoms with van der Waals surface area (Å²) in [6, 6.07) is 7.61. The standard InChI is InChI=1S/C14H17ClN2O2/c15-12-4-2-1-3-11(12)8-17-9-13(19-14(17)18)10-5-6-16-7-10/h1-4,10,13,16H,5-9H2. The summed E-state index contributed by atoms with van der Waals surface area (Å²) >= 11 is 6.13. The molecule has 2 unspecified atom stereocenters. The molecule has 1 aromatic carbocycles. The third kappa shape index (κ3) is 2.69. The first kappa shape index (κ1) is 12.8. The van der Waals surface area contributed by atoms with Gasteiger partial charge in [-0.3, -0.25) is 0 Å². The second kappa shape index (κ2) is 5.39. The van der Waals surface area contributed by atoms with Crippen molar-refractivity contribution >= 4 is 17.7 Å². The molecule has 0 radical (unpaired) electrons. The van der Waals surface area contributed by atoms with Gasteiger partial charge in [0, 0.05) is 17.5 Å². The van der Waals surface area contributed by atoms with Crippen LogP contribution in [0.15, 0.2) is 24.3 Å². The Kier molecular flexibility index (Phi) is 3.62. The summed E-state index contributed by atoms with van der Waals surface area (Å²) < 4.78 is 5.47. The number of carbonyl (C=O) groups excluding carboxylic acids is 1. The third-order valence-corrected chi connectivity index (χ3v) is 4.22. The van der Waals surface area contributed by atoms with Crippen LogP contribution in [0.3, 0.4) is 0 Å². The van der Waals surface area contributed by atoms with Gasteiger partial charge >= 0.3 is 6.09 Å². The summed E-state index contributed by atoms with van der Waals surface area (Å²) in [7, 11) is 0. The van der Waals surface area contributed by atoms with Crippen molar-refractivity contribution in [2.75, 3.05) is 19.6 Å². The van der Waals surface area contributed by atoms with Gasteiger partial charge in [0.05, 0.1) is 13.1 Å². The number of hydrogen-bond acceptors (Lipinski definition) is 3. The Balaban J connectivity index is 1.66. The molecule has 3 rings (SSSR count). The fourth-order valence-corrected chi connectivity index (χ4v) is 2.93. The Bertz CT molecular complexity index is 474. The van der Waals surface area contributed by atoms with Crippen LogP contribution in [0.1, 0.15) is 12.0 Å². The van der Waals surface area contributed by atoms with E-state index in [2.05, 4.69) is 5.32 Å². The number of halogens is 1. The molecule has 4 nitrogen and oxygen atoms in total. The van der Waals surface area contributed by atoms with Crippen molar-refractivity contribution in [3.8, 4) is 0 Å². The predicted octanol–water partition coefficient (Wildman–Crippen LogP) is 2.27. The topological polar surface area (TPSA) is 41.6 Å². The molecule has 1 amide bonds. The van der Waals surface area contributed by atoms with E-state index >= 15 is 0 Å². The zero-order chi connectivity index (χ0) is 13.2. The lowest BCUT2D eigenvalue weighted by molar-refractivity contribution is 0.107. The monoisotopic (exact) mass is 280 g/mol. The molecule has 2 heterocycles. The van der Waals surface area contributed by atoms with Gasteiger partial charge in [-0.25, -0.2) is 4.79 Å². The summed E-state index contributed by atoms with van der Waals surface area (Å²) in [6.45, 7) is 3.15. The maximum Gasteiger partial charge on any atom is 0.410 e. The molecule has 0 aromatic heterocycles. The molecule has 1 aromatic rings. The third-order valence-electron chi connectivity index (χ3n) is 3.85. The van der Waals surface area contributed by atoms with Crippen LogP contribution in [0, 0.1) is 5.92 Å². The van der Waals surface area contributed by atoms with Crippen molar-refractivity contribution in [1.82, 2.24) is 10.2 Å². The van der Waals surface area contributed by atoms with Crippen molar-refractivity contribution < 1.29 is 9.53 Å². The Labute approximate surface area is 117 Å². The van der Waals surface area contributed by atoms with Crippen molar-refractivity contribution in [3.63, 3.8) is 0 Å². The van der Waals surface area contributed by atoms with Crippen molar-refractivity contribution in [3.05, 3.63) is 34.9 Å². The largest absolute Gasteiger partial charge is 0.444 e. The predicted molar refractivity (Wildman–Crippen MR) is 73.1 cm³/mol. The second-order valence-corrected chi connectivity index (χ2v) is 5.55. The first-order valence-corrected chi connectivity index (χ1v) is 7.01. The van der Waals surface area contributed by atoms with E-state index in [1.807, 2.05) is 24.3 Å². The number of hydrogen-bond donors (Lipinski definition) is 1. The number of amides is 1. The number of cyclic esters (lactones) is 1. The number of nitrogens with one attached hydrogen (secondary N) is 1. The molecule has 5 heteroatoms. The molecule has 2 aliphatic rings. The van der Waals surface area contributed by atoms with E-state index in [0.717, 1.165) is 25.1 Å². The lowest BCUT2D eigenvalue weighted by atomic mass is 10.0. The van der Waals surface area contributed by atoms with E-state index in [-0.39, 0.29) is 12.2 Å². The number of rotatable bonds is 3. The quantitative estimate of drug-likeness (QED) is 0.923. The van der Waals surface area contributed by atoms with Crippen molar-refractivity contribution in [2.24, 2.45) is 5.92 Å². The van der Waals surface area contributed by atoms with Gasteiger partial charge in [-0.2, -0.15) is 0 Å². The van der Waals surface area contributed by atoms with Crippen LogP contribution in [-0.4, -0.2) is 36.7 Å². The molecule has 2 atom stereocenters. The highest BCUT2D eigenvalue weighted by atomic mass is 35.5. The van der Waals surface area contributed by atoms with Gasteiger partial charge in [-0.15, -0.1) is 0 Å². The first-order chi connectivity index (χ1) is 9.24. The van der Waals surface area contributed by atoms with Crippen LogP contribution in [0.25, 0.3) is 0 Å². The number of nitrogens with zero attached hydrogens (tertiary/aromatic N) is 1. The van der Waals surface area contributed by atoms with Crippen LogP contribution in [-0.2, 0) is 11.3 Å². The number of carbonyl (C=O) groups is 1. The van der Waals surface area contributed by atoms with Crippen LogP contribution < -0.4 is 5.32 Å². The zero-order valence-corrected chi connectivity index (χ0v) is 11.4. The van der Waals surface area contributed by atoms with Crippen molar-refractivity contribution in [1.29, 1.82) is 0 Å². The fraction of sp³-hybridized carbons (Fsp3) is 0.500. The summed E-state index contributed by atoms with van der Waals surface area (Å²) in [4.78, 5) is 13.6. The van der Waals surface area contributed by atoms with E-state index in [0.29, 0.717) is 24.0 Å². The van der Waals surface area contributed by atoms with Gasteiger partial charge in [0.1, 0.15) is 6.10 Å². The SMILES string of the molecule is O=C1OC(C2CCNC2)CN1Cc1ccccc1Cl. The first-order valence-electron chi connectivity index (χ1n) is 6.64. The Morgan fingerprint density at radius 3 is 3.00 bits per heavy atom. The fourth-order valence-electron chi connectivity index (χ4n) is 2.73. The molecule has 2 aliphatic heterocycles. The molecule has 0 aliphatic carbocycles.